The maximum absolute atomic E-state index is 14.5. The first-order chi connectivity index (χ1) is 43.6. The van der Waals surface area contributed by atoms with Crippen molar-refractivity contribution < 1.29 is 62.3 Å². The van der Waals surface area contributed by atoms with E-state index in [2.05, 4.69) is 47.5 Å². The number of unbranched alkanes of at least 4 members (excludes halogenated alkanes) is 1. The summed E-state index contributed by atoms with van der Waals surface area (Å²) in [5.74, 6) is -9.89. The van der Waals surface area contributed by atoms with Crippen molar-refractivity contribution in [2.45, 2.75) is 197 Å². The zero-order valence-electron chi connectivity index (χ0n) is 53.7. The minimum atomic E-state index is -1.61. The zero-order valence-corrected chi connectivity index (χ0v) is 54.5. The van der Waals surface area contributed by atoms with Crippen LogP contribution in [0.3, 0.4) is 0 Å². The first-order valence-corrected chi connectivity index (χ1v) is 32.9. The number of hydrogen-bond donors (Lipinski definition) is 15. The Balaban J connectivity index is 1.85. The van der Waals surface area contributed by atoms with Gasteiger partial charge >= 0.3 is 0 Å². The summed E-state index contributed by atoms with van der Waals surface area (Å²) in [5.41, 5.74) is 40.0. The maximum Gasteiger partial charge on any atom is 0.245 e. The number of amides is 13. The molecule has 2 aliphatic heterocycles. The van der Waals surface area contributed by atoms with Gasteiger partial charge in [0.2, 0.25) is 76.8 Å². The number of aliphatic imine (C=N–C) groups is 1. The van der Waals surface area contributed by atoms with Crippen molar-refractivity contribution in [2.24, 2.45) is 57.0 Å². The second-order valence-corrected chi connectivity index (χ2v) is 25.1. The van der Waals surface area contributed by atoms with Crippen LogP contribution in [0.25, 0.3) is 0 Å². The molecule has 514 valence electrons. The fourth-order valence-electron chi connectivity index (χ4n) is 10.7. The molecule has 2 heterocycles. The van der Waals surface area contributed by atoms with E-state index in [1.165, 1.54) is 21.6 Å². The van der Waals surface area contributed by atoms with Gasteiger partial charge in [0.1, 0.15) is 54.4 Å². The van der Waals surface area contributed by atoms with Crippen LogP contribution in [-0.2, 0) is 68.7 Å². The quantitative estimate of drug-likeness (QED) is 0.0169. The predicted octanol–water partition coefficient (Wildman–Crippen LogP) is -3.91. The zero-order chi connectivity index (χ0) is 68.6. The predicted molar refractivity (Wildman–Crippen MR) is 345 cm³/mol. The van der Waals surface area contributed by atoms with Gasteiger partial charge in [-0.3, -0.25) is 67.3 Å². The molecule has 3 rings (SSSR count). The van der Waals surface area contributed by atoms with Gasteiger partial charge in [0, 0.05) is 38.9 Å². The molecule has 2 saturated heterocycles. The van der Waals surface area contributed by atoms with E-state index < -0.39 is 163 Å². The lowest BCUT2D eigenvalue weighted by molar-refractivity contribution is -0.144. The molecule has 10 atom stereocenters. The lowest BCUT2D eigenvalue weighted by Gasteiger charge is -2.32. The molecule has 1 aromatic carbocycles. The van der Waals surface area contributed by atoms with Gasteiger partial charge in [-0.1, -0.05) is 58.0 Å². The topological polar surface area (TPSA) is 519 Å². The van der Waals surface area contributed by atoms with Crippen molar-refractivity contribution in [1.29, 1.82) is 0 Å². The SMILES string of the molecule is CSCC[C@H](NC(=O)[C@H](CC(C)C)NC(=O)CNC(=O)[C@H](Cc1ccccc1)NC(=O)[C@H](CC(C)C)NC(=O)[C@H](CCC(N)=O)NC(=O)[C@H](CCC(N)=O)NC(=O)[C@@H]1CCCN1C(=O)[C@H](CCCCN)NC(=O)[C@@H]1CCCN1C(=O)[C@@H](N)CCCN=C(N)N)C(N)=O. The van der Waals surface area contributed by atoms with Crippen LogP contribution in [0.15, 0.2) is 35.3 Å². The van der Waals surface area contributed by atoms with Gasteiger partial charge in [-0.2, -0.15) is 11.8 Å². The Kier molecular flexibility index (Phi) is 34.5. The van der Waals surface area contributed by atoms with Gasteiger partial charge in [-0.05, 0) is 126 Å². The third kappa shape index (κ3) is 27.8. The highest BCUT2D eigenvalue weighted by Gasteiger charge is 2.42. The minimum Gasteiger partial charge on any atom is -0.370 e. The molecule has 0 saturated carbocycles. The van der Waals surface area contributed by atoms with Crippen molar-refractivity contribution in [1.82, 2.24) is 52.3 Å². The first-order valence-electron chi connectivity index (χ1n) is 31.5. The molecule has 1 aromatic rings. The van der Waals surface area contributed by atoms with E-state index in [-0.39, 0.29) is 95.3 Å². The van der Waals surface area contributed by atoms with Crippen molar-refractivity contribution in [3.8, 4) is 0 Å². The third-order valence-electron chi connectivity index (χ3n) is 15.5. The summed E-state index contributed by atoms with van der Waals surface area (Å²) in [6.45, 7) is 7.42. The van der Waals surface area contributed by atoms with Crippen LogP contribution in [0.5, 0.6) is 0 Å². The van der Waals surface area contributed by atoms with Crippen LogP contribution in [0, 0.1) is 11.8 Å². The van der Waals surface area contributed by atoms with E-state index in [1.807, 2.05) is 20.1 Å². The summed E-state index contributed by atoms with van der Waals surface area (Å²) < 4.78 is 0. The fraction of sp³-hybridized carbons (Fsp3) is 0.667. The van der Waals surface area contributed by atoms with E-state index in [0.717, 1.165) is 0 Å². The fourth-order valence-corrected chi connectivity index (χ4v) is 11.1. The van der Waals surface area contributed by atoms with Gasteiger partial charge in [-0.25, -0.2) is 0 Å². The normalized spacial score (nSPS) is 17.1. The summed E-state index contributed by atoms with van der Waals surface area (Å²) in [6.07, 6.45) is 3.44. The van der Waals surface area contributed by atoms with Crippen LogP contribution < -0.4 is 82.7 Å². The Labute approximate surface area is 542 Å². The second-order valence-electron chi connectivity index (χ2n) is 24.1. The molecule has 0 aliphatic carbocycles. The number of carbonyl (C=O) groups is 13. The van der Waals surface area contributed by atoms with Gasteiger partial charge in [0.05, 0.1) is 12.6 Å². The number of carbonyl (C=O) groups excluding carboxylic acids is 13. The minimum absolute atomic E-state index is 0.0220. The first kappa shape index (κ1) is 78.1. The van der Waals surface area contributed by atoms with Crippen LogP contribution in [0.2, 0.25) is 0 Å². The molecule has 0 unspecified atom stereocenters. The van der Waals surface area contributed by atoms with E-state index >= 15 is 0 Å². The van der Waals surface area contributed by atoms with Crippen molar-refractivity contribution in [3.63, 3.8) is 0 Å². The molecule has 0 spiro atoms. The number of thioether (sulfide) groups is 1. The molecule has 0 radical (unpaired) electrons. The third-order valence-corrected chi connectivity index (χ3v) is 16.1. The van der Waals surface area contributed by atoms with E-state index in [1.54, 1.807) is 44.2 Å². The van der Waals surface area contributed by atoms with E-state index in [0.29, 0.717) is 49.8 Å². The highest BCUT2D eigenvalue weighted by Crippen LogP contribution is 2.24. The number of benzene rings is 1. The number of primary amides is 3. The molecule has 13 amide bonds. The number of nitrogens with zero attached hydrogens (tertiary/aromatic N) is 3. The van der Waals surface area contributed by atoms with Crippen LogP contribution in [0.4, 0.5) is 0 Å². The smallest absolute Gasteiger partial charge is 0.245 e. The molecule has 0 bridgehead atoms. The summed E-state index contributed by atoms with van der Waals surface area (Å²) in [5, 5.41) is 21.0. The maximum atomic E-state index is 14.5. The summed E-state index contributed by atoms with van der Waals surface area (Å²) in [7, 11) is 0. The molecule has 92 heavy (non-hydrogen) atoms. The lowest BCUT2D eigenvalue weighted by Crippen LogP contribution is -2.60. The van der Waals surface area contributed by atoms with Crippen LogP contribution >= 0.6 is 11.8 Å². The van der Waals surface area contributed by atoms with Gasteiger partial charge in [-0.15, -0.1) is 0 Å². The highest BCUT2D eigenvalue weighted by atomic mass is 32.2. The number of rotatable bonds is 42. The molecule has 31 nitrogen and oxygen atoms in total. The summed E-state index contributed by atoms with van der Waals surface area (Å²) in [6, 6.07) is -3.66. The molecular weight excluding hydrogens is 1210 g/mol. The monoisotopic (exact) mass is 1310 g/mol. The second kappa shape index (κ2) is 40.7. The molecule has 0 aromatic heterocycles. The van der Waals surface area contributed by atoms with Crippen LogP contribution in [-0.4, -0.2) is 198 Å². The van der Waals surface area contributed by atoms with Crippen LogP contribution in [0.1, 0.15) is 136 Å². The Morgan fingerprint density at radius 1 is 0.554 bits per heavy atom. The van der Waals surface area contributed by atoms with Crippen molar-refractivity contribution in [3.05, 3.63) is 35.9 Å². The van der Waals surface area contributed by atoms with Gasteiger partial charge in [0.25, 0.3) is 0 Å². The van der Waals surface area contributed by atoms with Gasteiger partial charge in [0.15, 0.2) is 5.96 Å². The Morgan fingerprint density at radius 3 is 1.55 bits per heavy atom. The summed E-state index contributed by atoms with van der Waals surface area (Å²) in [4.78, 5) is 184. The molecule has 2 aliphatic rings. The Bertz CT molecular complexity index is 2700. The van der Waals surface area contributed by atoms with Gasteiger partial charge < -0.3 is 92.5 Å². The lowest BCUT2D eigenvalue weighted by atomic mass is 10.00. The number of guanidine groups is 1. The average molecular weight is 1310 g/mol. The molecular formula is C60H100N18O13S. The Hall–Kier alpha value is -8.13. The number of nitrogens with one attached hydrogen (secondary N) is 8. The Morgan fingerprint density at radius 2 is 1.04 bits per heavy atom. The van der Waals surface area contributed by atoms with E-state index in [9.17, 15) is 62.3 Å². The average Bonchev–Trinajstić information content (AvgIpc) is 1.95. The summed E-state index contributed by atoms with van der Waals surface area (Å²) >= 11 is 1.46. The molecule has 22 N–H and O–H groups in total. The number of hydrogen-bond acceptors (Lipinski definition) is 17. The van der Waals surface area contributed by atoms with Crippen molar-refractivity contribution >= 4 is 94.5 Å². The number of nitrogens with two attached hydrogens (primary N) is 7. The highest BCUT2D eigenvalue weighted by molar-refractivity contribution is 7.98. The number of likely N-dealkylation sites (tertiary alicyclic amines) is 2. The largest absolute Gasteiger partial charge is 0.370 e. The standard InChI is InChI=1S/C60H100N18O13S/c1-34(2)30-42(54(86)71-38(50(65)82)24-29-92-5)70-49(81)33-69-51(83)44(32-36-14-7-6-8-15-36)76-55(87)43(31-35(3)4)75-53(85)39(20-22-47(63)79)72-52(84)40(21-23-48(64)80)73-56(88)46-19-13-28-78(46)59(91)41(17-9-10-25-61)74-57(89)45-18-12-27-77(45)58(90)37(62)16-11-26-68-60(66)67/h6-8,14-15,34-35,37-46H,9-13,16-33,61-62H2,1-5H3,(H2,63,79)(H2,64,80)(H2,65,82)(H,69,83)(H,70,81)(H,71,86)(H,72,84)(H,73,88)(H,74,89)(H,75,85)(H,76,87)(H4,66,67,68)/t37-,38-,39-,40-,41-,42-,43-,44-,45-,46-/m0/s1. The molecule has 32 heteroatoms. The van der Waals surface area contributed by atoms with E-state index in [4.69, 9.17) is 40.1 Å². The van der Waals surface area contributed by atoms with Crippen molar-refractivity contribution in [2.75, 3.05) is 44.7 Å². The molecule has 2 fully saturated rings.